The van der Waals surface area contributed by atoms with Crippen LogP contribution in [0.15, 0.2) is 36.8 Å². The number of benzene rings is 1. The summed E-state index contributed by atoms with van der Waals surface area (Å²) < 4.78 is 8.32. The second-order valence-corrected chi connectivity index (χ2v) is 12.9. The molecule has 2 aliphatic rings. The van der Waals surface area contributed by atoms with E-state index >= 15 is 0 Å². The van der Waals surface area contributed by atoms with Crippen LogP contribution >= 0.6 is 34.2 Å². The van der Waals surface area contributed by atoms with Crippen LogP contribution in [0.5, 0.6) is 0 Å². The van der Waals surface area contributed by atoms with Gasteiger partial charge in [-0.05, 0) is 80.8 Å². The minimum Gasteiger partial charge on any atom is -0.444 e. The summed E-state index contributed by atoms with van der Waals surface area (Å²) in [5, 5.41) is 6.66. The van der Waals surface area contributed by atoms with Gasteiger partial charge in [-0.3, -0.25) is 14.0 Å². The van der Waals surface area contributed by atoms with E-state index in [1.165, 1.54) is 0 Å². The summed E-state index contributed by atoms with van der Waals surface area (Å²) >= 11 is 8.75. The molecule has 2 aromatic heterocycles. The Labute approximate surface area is 257 Å². The fourth-order valence-corrected chi connectivity index (χ4v) is 5.87. The van der Waals surface area contributed by atoms with E-state index in [1.54, 1.807) is 40.4 Å². The van der Waals surface area contributed by atoms with E-state index in [0.717, 1.165) is 3.70 Å². The van der Waals surface area contributed by atoms with Crippen LogP contribution in [0.3, 0.4) is 0 Å². The molecule has 13 heteroatoms. The molecule has 0 radical (unpaired) electrons. The average molecular weight is 694 g/mol. The van der Waals surface area contributed by atoms with Gasteiger partial charge in [-0.25, -0.2) is 14.8 Å². The molecule has 2 N–H and O–H groups in total. The van der Waals surface area contributed by atoms with Crippen molar-refractivity contribution in [3.8, 4) is 0 Å². The Morgan fingerprint density at radius 1 is 1.07 bits per heavy atom. The number of piperidine rings is 1. The number of anilines is 2. The summed E-state index contributed by atoms with van der Waals surface area (Å²) in [5.41, 5.74) is 1.24. The number of hydrogen-bond donors (Lipinski definition) is 2. The molecule has 4 heterocycles. The van der Waals surface area contributed by atoms with Crippen molar-refractivity contribution in [1.29, 1.82) is 0 Å². The first-order valence-corrected chi connectivity index (χ1v) is 15.1. The topological polar surface area (TPSA) is 121 Å². The van der Waals surface area contributed by atoms with Crippen LogP contribution < -0.4 is 10.6 Å². The molecule has 2 fully saturated rings. The predicted octanol–water partition coefficient (Wildman–Crippen LogP) is 4.71. The van der Waals surface area contributed by atoms with E-state index in [4.69, 9.17) is 16.3 Å². The quantitative estimate of drug-likeness (QED) is 0.372. The standard InChI is InChI=1S/C28H33ClIN7O4/c1-28(2,3)41-27(40)36-12-8-19(16-36)34-25(38)17-6-10-35(11-7-17)26(39)20-5-4-18(14-21(20)29)33-23-24-32-15-22(30)37(24)13-9-31-23/h4-5,9,13-15,17,19H,6-8,10-12,16H2,1-3H3,(H,31,33)(H,34,38). The van der Waals surface area contributed by atoms with Gasteiger partial charge in [0.2, 0.25) is 5.91 Å². The van der Waals surface area contributed by atoms with Crippen LogP contribution in [0.2, 0.25) is 5.02 Å². The highest BCUT2D eigenvalue weighted by atomic mass is 127. The number of aromatic nitrogens is 3. The summed E-state index contributed by atoms with van der Waals surface area (Å²) in [7, 11) is 0. The number of carbonyl (C=O) groups is 3. The Hall–Kier alpha value is -3.13. The SMILES string of the molecule is CC(C)(C)OC(=O)N1CCC(NC(=O)C2CCN(C(=O)c3ccc(Nc4nccn5c(I)cnc45)cc3Cl)CC2)C1. The molecular weight excluding hydrogens is 661 g/mol. The van der Waals surface area contributed by atoms with Crippen molar-refractivity contribution in [3.05, 3.63) is 51.1 Å². The molecule has 2 saturated heterocycles. The Kier molecular flexibility index (Phi) is 8.60. The monoisotopic (exact) mass is 693 g/mol. The van der Waals surface area contributed by atoms with Gasteiger partial charge in [0.25, 0.3) is 5.91 Å². The molecule has 41 heavy (non-hydrogen) atoms. The van der Waals surface area contributed by atoms with E-state index in [0.29, 0.717) is 73.2 Å². The zero-order valence-electron chi connectivity index (χ0n) is 23.2. The van der Waals surface area contributed by atoms with Gasteiger partial charge in [-0.15, -0.1) is 0 Å². The van der Waals surface area contributed by atoms with Gasteiger partial charge in [0.05, 0.1) is 16.8 Å². The Morgan fingerprint density at radius 3 is 2.51 bits per heavy atom. The van der Waals surface area contributed by atoms with Crippen molar-refractivity contribution >= 4 is 69.3 Å². The fourth-order valence-electron chi connectivity index (χ4n) is 5.09. The van der Waals surface area contributed by atoms with Gasteiger partial charge >= 0.3 is 6.09 Å². The van der Waals surface area contributed by atoms with E-state index in [1.807, 2.05) is 31.4 Å². The summed E-state index contributed by atoms with van der Waals surface area (Å²) in [6.45, 7) is 7.42. The highest BCUT2D eigenvalue weighted by Gasteiger charge is 2.33. The molecule has 3 amide bonds. The second-order valence-electron chi connectivity index (χ2n) is 11.4. The predicted molar refractivity (Wildman–Crippen MR) is 163 cm³/mol. The largest absolute Gasteiger partial charge is 0.444 e. The minimum atomic E-state index is -0.556. The number of fused-ring (bicyclic) bond motifs is 1. The van der Waals surface area contributed by atoms with Crippen LogP contribution in [-0.2, 0) is 9.53 Å². The highest BCUT2D eigenvalue weighted by molar-refractivity contribution is 14.1. The van der Waals surface area contributed by atoms with E-state index in [-0.39, 0.29) is 29.9 Å². The summed E-state index contributed by atoms with van der Waals surface area (Å²) in [6.07, 6.45) is 6.76. The molecule has 0 saturated carbocycles. The van der Waals surface area contributed by atoms with Crippen molar-refractivity contribution in [1.82, 2.24) is 29.5 Å². The van der Waals surface area contributed by atoms with Crippen molar-refractivity contribution in [3.63, 3.8) is 0 Å². The molecule has 0 aliphatic carbocycles. The lowest BCUT2D eigenvalue weighted by atomic mass is 9.95. The third-order valence-electron chi connectivity index (χ3n) is 7.18. The van der Waals surface area contributed by atoms with Crippen molar-refractivity contribution in [2.24, 2.45) is 5.92 Å². The molecule has 1 unspecified atom stereocenters. The molecule has 3 aromatic rings. The Bertz CT molecular complexity index is 1470. The van der Waals surface area contributed by atoms with E-state index in [2.05, 4.69) is 43.2 Å². The fraction of sp³-hybridized carbons (Fsp3) is 0.464. The molecule has 11 nitrogen and oxygen atoms in total. The van der Waals surface area contributed by atoms with Crippen LogP contribution in [-0.4, -0.2) is 79.9 Å². The summed E-state index contributed by atoms with van der Waals surface area (Å²) in [5.74, 6) is 0.211. The van der Waals surface area contributed by atoms with E-state index < -0.39 is 5.60 Å². The lowest BCUT2D eigenvalue weighted by Crippen LogP contribution is -2.46. The summed E-state index contributed by atoms with van der Waals surface area (Å²) in [4.78, 5) is 50.7. The third-order valence-corrected chi connectivity index (χ3v) is 8.30. The number of nitrogens with zero attached hydrogens (tertiary/aromatic N) is 5. The first-order chi connectivity index (χ1) is 19.5. The van der Waals surface area contributed by atoms with Crippen LogP contribution in [0.25, 0.3) is 5.65 Å². The first kappa shape index (κ1) is 29.4. The number of imidazole rings is 1. The van der Waals surface area contributed by atoms with Gasteiger partial charge in [-0.2, -0.15) is 0 Å². The van der Waals surface area contributed by atoms with Crippen molar-refractivity contribution < 1.29 is 19.1 Å². The molecular formula is C28H33ClIN7O4. The minimum absolute atomic E-state index is 0.0302. The van der Waals surface area contributed by atoms with Gasteiger partial charge in [0.1, 0.15) is 9.30 Å². The molecule has 218 valence electrons. The maximum atomic E-state index is 13.3. The van der Waals surface area contributed by atoms with Gasteiger partial charge in [0.15, 0.2) is 11.5 Å². The number of likely N-dealkylation sites (tertiary alicyclic amines) is 2. The van der Waals surface area contributed by atoms with E-state index in [9.17, 15) is 14.4 Å². The van der Waals surface area contributed by atoms with Crippen LogP contribution in [0, 0.1) is 9.62 Å². The maximum absolute atomic E-state index is 13.3. The maximum Gasteiger partial charge on any atom is 0.410 e. The highest BCUT2D eigenvalue weighted by Crippen LogP contribution is 2.28. The van der Waals surface area contributed by atoms with Gasteiger partial charge in [0, 0.05) is 56.2 Å². The first-order valence-electron chi connectivity index (χ1n) is 13.6. The lowest BCUT2D eigenvalue weighted by molar-refractivity contribution is -0.127. The van der Waals surface area contributed by atoms with Crippen molar-refractivity contribution in [2.45, 2.75) is 51.7 Å². The number of ether oxygens (including phenoxy) is 1. The van der Waals surface area contributed by atoms with Crippen LogP contribution in [0.4, 0.5) is 16.3 Å². The number of halogens is 2. The lowest BCUT2D eigenvalue weighted by Gasteiger charge is -2.32. The summed E-state index contributed by atoms with van der Waals surface area (Å²) in [6, 6.07) is 5.11. The average Bonchev–Trinajstić information content (AvgIpc) is 3.55. The molecule has 5 rings (SSSR count). The third kappa shape index (κ3) is 6.85. The van der Waals surface area contributed by atoms with Crippen LogP contribution in [0.1, 0.15) is 50.4 Å². The Balaban J connectivity index is 1.12. The smallest absolute Gasteiger partial charge is 0.410 e. The number of carbonyl (C=O) groups excluding carboxylic acids is 3. The Morgan fingerprint density at radius 2 is 1.80 bits per heavy atom. The molecule has 1 atom stereocenters. The molecule has 1 aromatic carbocycles. The molecule has 0 bridgehead atoms. The zero-order chi connectivity index (χ0) is 29.3. The number of amides is 3. The van der Waals surface area contributed by atoms with Gasteiger partial charge in [-0.1, -0.05) is 11.6 Å². The van der Waals surface area contributed by atoms with Gasteiger partial charge < -0.3 is 25.2 Å². The number of hydrogen-bond acceptors (Lipinski definition) is 7. The zero-order valence-corrected chi connectivity index (χ0v) is 26.1. The number of rotatable bonds is 5. The second kappa shape index (κ2) is 12.0. The number of nitrogens with one attached hydrogen (secondary N) is 2. The molecule has 0 spiro atoms. The van der Waals surface area contributed by atoms with Crippen molar-refractivity contribution in [2.75, 3.05) is 31.5 Å². The normalized spacial score (nSPS) is 18.0. The molecule has 2 aliphatic heterocycles.